The molecular formula is C16H20N2O3. The van der Waals surface area contributed by atoms with Gasteiger partial charge >= 0.3 is 6.09 Å². The van der Waals surface area contributed by atoms with E-state index in [1.54, 1.807) is 4.90 Å². The lowest BCUT2D eigenvalue weighted by atomic mass is 9.78. The minimum absolute atomic E-state index is 0.0628. The van der Waals surface area contributed by atoms with Crippen molar-refractivity contribution in [1.29, 1.82) is 0 Å². The molecule has 1 N–H and O–H groups in total. The first-order valence-electron chi connectivity index (χ1n) is 7.39. The van der Waals surface area contributed by atoms with Crippen molar-refractivity contribution >= 4 is 12.0 Å². The maximum Gasteiger partial charge on any atom is 0.410 e. The van der Waals surface area contributed by atoms with Gasteiger partial charge in [0, 0.05) is 26.1 Å². The Morgan fingerprint density at radius 1 is 1.24 bits per heavy atom. The van der Waals surface area contributed by atoms with E-state index >= 15 is 0 Å². The number of hydrogen-bond donors (Lipinski definition) is 1. The van der Waals surface area contributed by atoms with Crippen LogP contribution in [0, 0.1) is 5.41 Å². The maximum absolute atomic E-state index is 12.1. The zero-order chi connectivity index (χ0) is 14.7. The third kappa shape index (κ3) is 3.17. The van der Waals surface area contributed by atoms with Crippen LogP contribution in [-0.4, -0.2) is 36.5 Å². The summed E-state index contributed by atoms with van der Waals surface area (Å²) < 4.78 is 5.34. The van der Waals surface area contributed by atoms with E-state index in [0.717, 1.165) is 24.9 Å². The number of likely N-dealkylation sites (tertiary alicyclic amines) is 1. The molecule has 2 fully saturated rings. The van der Waals surface area contributed by atoms with Crippen LogP contribution in [0.2, 0.25) is 0 Å². The van der Waals surface area contributed by atoms with Gasteiger partial charge in [-0.25, -0.2) is 4.79 Å². The fourth-order valence-corrected chi connectivity index (χ4v) is 3.08. The maximum atomic E-state index is 12.1. The molecule has 0 radical (unpaired) electrons. The van der Waals surface area contributed by atoms with Crippen LogP contribution in [0.15, 0.2) is 30.3 Å². The highest BCUT2D eigenvalue weighted by atomic mass is 16.6. The zero-order valence-electron chi connectivity index (χ0n) is 12.0. The molecule has 112 valence electrons. The summed E-state index contributed by atoms with van der Waals surface area (Å²) in [6, 6.07) is 9.67. The molecule has 0 atom stereocenters. The number of hydrogen-bond acceptors (Lipinski definition) is 3. The first kappa shape index (κ1) is 13.9. The summed E-state index contributed by atoms with van der Waals surface area (Å²) in [5, 5.41) is 2.90. The molecule has 21 heavy (non-hydrogen) atoms. The quantitative estimate of drug-likeness (QED) is 0.904. The Balaban J connectivity index is 1.48. The molecule has 0 aromatic heterocycles. The Bertz CT molecular complexity index is 522. The van der Waals surface area contributed by atoms with Gasteiger partial charge in [0.25, 0.3) is 0 Å². The molecule has 1 aromatic rings. The third-order valence-electron chi connectivity index (χ3n) is 4.48. The van der Waals surface area contributed by atoms with E-state index in [1.165, 1.54) is 0 Å². The fourth-order valence-electron chi connectivity index (χ4n) is 3.08. The zero-order valence-corrected chi connectivity index (χ0v) is 12.0. The van der Waals surface area contributed by atoms with E-state index in [1.807, 2.05) is 30.3 Å². The lowest BCUT2D eigenvalue weighted by Gasteiger charge is -2.37. The summed E-state index contributed by atoms with van der Waals surface area (Å²) >= 11 is 0. The number of carbonyl (C=O) groups is 2. The molecule has 2 saturated heterocycles. The number of amides is 2. The molecule has 5 heteroatoms. The number of nitrogens with zero attached hydrogens (tertiary/aromatic N) is 1. The Morgan fingerprint density at radius 2 is 1.95 bits per heavy atom. The van der Waals surface area contributed by atoms with Crippen molar-refractivity contribution in [3.05, 3.63) is 35.9 Å². The molecule has 0 saturated carbocycles. The second-order valence-electron chi connectivity index (χ2n) is 5.98. The molecule has 2 aliphatic rings. The fraction of sp³-hybridized carbons (Fsp3) is 0.500. The Hall–Kier alpha value is -2.04. The molecule has 3 rings (SSSR count). The normalized spacial score (nSPS) is 20.4. The summed E-state index contributed by atoms with van der Waals surface area (Å²) in [6.07, 6.45) is 2.07. The van der Waals surface area contributed by atoms with Crippen molar-refractivity contribution in [3.8, 4) is 0 Å². The molecule has 0 unspecified atom stereocenters. The molecular weight excluding hydrogens is 268 g/mol. The molecule has 2 heterocycles. The molecule has 2 aliphatic heterocycles. The summed E-state index contributed by atoms with van der Waals surface area (Å²) in [6.45, 7) is 2.39. The van der Waals surface area contributed by atoms with Crippen LogP contribution in [0.25, 0.3) is 0 Å². The van der Waals surface area contributed by atoms with Crippen molar-refractivity contribution in [1.82, 2.24) is 10.2 Å². The van der Waals surface area contributed by atoms with Crippen molar-refractivity contribution in [2.45, 2.75) is 25.9 Å². The van der Waals surface area contributed by atoms with Gasteiger partial charge in [0.1, 0.15) is 6.61 Å². The molecule has 5 nitrogen and oxygen atoms in total. The van der Waals surface area contributed by atoms with Crippen LogP contribution in [0.3, 0.4) is 0 Å². The number of benzene rings is 1. The van der Waals surface area contributed by atoms with E-state index in [2.05, 4.69) is 5.32 Å². The number of ether oxygens (including phenoxy) is 1. The first-order chi connectivity index (χ1) is 10.2. The van der Waals surface area contributed by atoms with Gasteiger partial charge < -0.3 is 15.0 Å². The Labute approximate surface area is 124 Å². The monoisotopic (exact) mass is 288 g/mol. The van der Waals surface area contributed by atoms with Gasteiger partial charge in [0.2, 0.25) is 5.91 Å². The highest BCUT2D eigenvalue weighted by molar-refractivity contribution is 5.79. The van der Waals surface area contributed by atoms with Crippen molar-refractivity contribution in [3.63, 3.8) is 0 Å². The van der Waals surface area contributed by atoms with Crippen molar-refractivity contribution < 1.29 is 14.3 Å². The van der Waals surface area contributed by atoms with E-state index in [9.17, 15) is 9.59 Å². The second-order valence-corrected chi connectivity index (χ2v) is 5.98. The number of nitrogens with one attached hydrogen (secondary N) is 1. The standard InChI is InChI=1S/C16H20N2O3/c19-14-10-16(12-17-14)6-8-18(9-7-16)15(20)21-11-13-4-2-1-3-5-13/h1-5H,6-12H2,(H,17,19). The summed E-state index contributed by atoms with van der Waals surface area (Å²) in [4.78, 5) is 25.2. The Morgan fingerprint density at radius 3 is 2.57 bits per heavy atom. The van der Waals surface area contributed by atoms with Gasteiger partial charge in [-0.05, 0) is 23.8 Å². The van der Waals surface area contributed by atoms with Crippen LogP contribution < -0.4 is 5.32 Å². The predicted octanol–water partition coefficient (Wildman–Crippen LogP) is 1.93. The minimum Gasteiger partial charge on any atom is -0.445 e. The van der Waals surface area contributed by atoms with Crippen LogP contribution >= 0.6 is 0 Å². The smallest absolute Gasteiger partial charge is 0.410 e. The van der Waals surface area contributed by atoms with Crippen LogP contribution in [-0.2, 0) is 16.1 Å². The van der Waals surface area contributed by atoms with Gasteiger partial charge in [-0.2, -0.15) is 0 Å². The molecule has 0 bridgehead atoms. The van der Waals surface area contributed by atoms with Crippen molar-refractivity contribution in [2.24, 2.45) is 5.41 Å². The summed E-state index contributed by atoms with van der Waals surface area (Å²) in [5.41, 5.74) is 1.05. The number of rotatable bonds is 2. The number of carbonyl (C=O) groups excluding carboxylic acids is 2. The topological polar surface area (TPSA) is 58.6 Å². The SMILES string of the molecule is O=C1CC2(CCN(C(=O)OCc3ccccc3)CC2)CN1. The minimum atomic E-state index is -0.258. The summed E-state index contributed by atoms with van der Waals surface area (Å²) in [7, 11) is 0. The van der Waals surface area contributed by atoms with Gasteiger partial charge in [0.15, 0.2) is 0 Å². The van der Waals surface area contributed by atoms with Crippen LogP contribution in [0.1, 0.15) is 24.8 Å². The highest BCUT2D eigenvalue weighted by Gasteiger charge is 2.41. The number of piperidine rings is 1. The van der Waals surface area contributed by atoms with Gasteiger partial charge in [-0.3, -0.25) is 4.79 Å². The largest absolute Gasteiger partial charge is 0.445 e. The van der Waals surface area contributed by atoms with Gasteiger partial charge in [-0.1, -0.05) is 30.3 Å². The first-order valence-corrected chi connectivity index (χ1v) is 7.39. The van der Waals surface area contributed by atoms with Gasteiger partial charge in [0.05, 0.1) is 0 Å². The highest BCUT2D eigenvalue weighted by Crippen LogP contribution is 2.37. The van der Waals surface area contributed by atoms with E-state index in [4.69, 9.17) is 4.74 Å². The Kier molecular flexibility index (Phi) is 3.82. The lowest BCUT2D eigenvalue weighted by molar-refractivity contribution is -0.119. The molecule has 0 aliphatic carbocycles. The van der Waals surface area contributed by atoms with Gasteiger partial charge in [-0.15, -0.1) is 0 Å². The van der Waals surface area contributed by atoms with E-state index < -0.39 is 0 Å². The average Bonchev–Trinajstić information content (AvgIpc) is 2.87. The molecule has 2 amide bonds. The van der Waals surface area contributed by atoms with Crippen LogP contribution in [0.5, 0.6) is 0 Å². The average molecular weight is 288 g/mol. The second kappa shape index (κ2) is 5.76. The predicted molar refractivity (Wildman–Crippen MR) is 77.5 cm³/mol. The molecule has 1 aromatic carbocycles. The third-order valence-corrected chi connectivity index (χ3v) is 4.48. The lowest BCUT2D eigenvalue weighted by Crippen LogP contribution is -2.44. The molecule has 1 spiro atoms. The van der Waals surface area contributed by atoms with Crippen LogP contribution in [0.4, 0.5) is 4.79 Å². The van der Waals surface area contributed by atoms with E-state index in [-0.39, 0.29) is 17.4 Å². The summed E-state index contributed by atoms with van der Waals surface area (Å²) in [5.74, 6) is 0.134. The van der Waals surface area contributed by atoms with Crippen molar-refractivity contribution in [2.75, 3.05) is 19.6 Å². The van der Waals surface area contributed by atoms with E-state index in [0.29, 0.717) is 26.1 Å².